The predicted octanol–water partition coefficient (Wildman–Crippen LogP) is 2.19. The van der Waals surface area contributed by atoms with Crippen molar-refractivity contribution in [3.63, 3.8) is 0 Å². The number of alkyl carbamates (subject to hydrolysis) is 2. The zero-order valence-electron chi connectivity index (χ0n) is 12.0. The van der Waals surface area contributed by atoms with Crippen LogP contribution in [0.15, 0.2) is 30.3 Å². The summed E-state index contributed by atoms with van der Waals surface area (Å²) in [5, 5.41) is 5.33. The Morgan fingerprint density at radius 1 is 1.38 bits per heavy atom. The van der Waals surface area contributed by atoms with Crippen LogP contribution in [0, 0.1) is 0 Å². The number of benzene rings is 1. The van der Waals surface area contributed by atoms with Crippen LogP contribution in [0.2, 0.25) is 0 Å². The summed E-state index contributed by atoms with van der Waals surface area (Å²) >= 11 is 0. The number of cyclic esters (lactones) is 1. The van der Waals surface area contributed by atoms with Crippen LogP contribution in [-0.4, -0.2) is 30.9 Å². The van der Waals surface area contributed by atoms with Crippen molar-refractivity contribution in [2.24, 2.45) is 0 Å². The molecule has 0 bridgehead atoms. The van der Waals surface area contributed by atoms with E-state index >= 15 is 0 Å². The fraction of sp³-hybridized carbons (Fsp3) is 0.467. The minimum absolute atomic E-state index is 0.197. The fourth-order valence-electron chi connectivity index (χ4n) is 2.19. The van der Waals surface area contributed by atoms with E-state index in [4.69, 9.17) is 9.47 Å². The zero-order valence-corrected chi connectivity index (χ0v) is 12.0. The molecule has 0 aliphatic carbocycles. The van der Waals surface area contributed by atoms with Crippen molar-refractivity contribution >= 4 is 12.2 Å². The Morgan fingerprint density at radius 3 is 2.86 bits per heavy atom. The summed E-state index contributed by atoms with van der Waals surface area (Å²) in [4.78, 5) is 22.8. The molecule has 6 heteroatoms. The second-order valence-corrected chi connectivity index (χ2v) is 4.93. The van der Waals surface area contributed by atoms with Gasteiger partial charge in [-0.05, 0) is 12.0 Å². The molecule has 1 aromatic rings. The fourth-order valence-corrected chi connectivity index (χ4v) is 2.19. The summed E-state index contributed by atoms with van der Waals surface area (Å²) < 4.78 is 10.2. The lowest BCUT2D eigenvalue weighted by atomic mass is 10.1. The number of amides is 2. The van der Waals surface area contributed by atoms with Gasteiger partial charge in [-0.2, -0.15) is 0 Å². The number of hydrogen-bond acceptors (Lipinski definition) is 4. The maximum Gasteiger partial charge on any atom is 0.407 e. The van der Waals surface area contributed by atoms with Gasteiger partial charge >= 0.3 is 12.2 Å². The van der Waals surface area contributed by atoms with E-state index in [0.29, 0.717) is 6.54 Å². The second-order valence-electron chi connectivity index (χ2n) is 4.93. The molecule has 0 aromatic heterocycles. The Labute approximate surface area is 123 Å². The molecule has 6 nitrogen and oxygen atoms in total. The highest BCUT2D eigenvalue weighted by molar-refractivity contribution is 5.71. The molecule has 0 spiro atoms. The van der Waals surface area contributed by atoms with Gasteiger partial charge in [0.15, 0.2) is 0 Å². The van der Waals surface area contributed by atoms with Crippen molar-refractivity contribution in [3.8, 4) is 0 Å². The van der Waals surface area contributed by atoms with Crippen LogP contribution in [0.5, 0.6) is 0 Å². The molecule has 1 fully saturated rings. The summed E-state index contributed by atoms with van der Waals surface area (Å²) in [5.41, 5.74) is 0.925. The molecular formula is C15H20N2O4. The third kappa shape index (κ3) is 4.66. The van der Waals surface area contributed by atoms with E-state index in [1.54, 1.807) is 0 Å². The van der Waals surface area contributed by atoms with Gasteiger partial charge in [-0.15, -0.1) is 0 Å². The number of carbonyl (C=O) groups excluding carboxylic acids is 2. The number of ether oxygens (including phenoxy) is 2. The Morgan fingerprint density at radius 2 is 2.14 bits per heavy atom. The molecule has 1 aliphatic heterocycles. The molecule has 1 aromatic carbocycles. The van der Waals surface area contributed by atoms with Gasteiger partial charge < -0.3 is 20.1 Å². The van der Waals surface area contributed by atoms with E-state index in [1.807, 2.05) is 37.3 Å². The molecule has 2 rings (SSSR count). The lowest BCUT2D eigenvalue weighted by molar-refractivity contribution is 0.121. The van der Waals surface area contributed by atoms with Gasteiger partial charge in [-0.3, -0.25) is 0 Å². The van der Waals surface area contributed by atoms with E-state index in [-0.39, 0.29) is 18.8 Å². The quantitative estimate of drug-likeness (QED) is 0.842. The first-order valence-corrected chi connectivity index (χ1v) is 7.10. The van der Waals surface area contributed by atoms with E-state index < -0.39 is 12.2 Å². The van der Waals surface area contributed by atoms with Gasteiger partial charge in [0.05, 0.1) is 6.04 Å². The SMILES string of the molecule is CCC[C@H]1OC(=O)N[C@H]1CNC(=O)OCc1ccccc1. The minimum atomic E-state index is -0.504. The first-order valence-electron chi connectivity index (χ1n) is 7.10. The van der Waals surface area contributed by atoms with E-state index in [2.05, 4.69) is 10.6 Å². The monoisotopic (exact) mass is 292 g/mol. The van der Waals surface area contributed by atoms with Crippen molar-refractivity contribution in [1.29, 1.82) is 0 Å². The van der Waals surface area contributed by atoms with Crippen LogP contribution in [0.3, 0.4) is 0 Å². The maximum atomic E-state index is 11.6. The van der Waals surface area contributed by atoms with Gasteiger partial charge in [0.1, 0.15) is 12.7 Å². The standard InChI is InChI=1S/C15H20N2O4/c1-2-6-13-12(17-15(19)21-13)9-16-14(18)20-10-11-7-4-3-5-8-11/h3-5,7-8,12-13H,2,6,9-10H2,1H3,(H,16,18)(H,17,19)/t12-,13+/m0/s1. The highest BCUT2D eigenvalue weighted by Gasteiger charge is 2.33. The minimum Gasteiger partial charge on any atom is -0.445 e. The molecule has 2 N–H and O–H groups in total. The van der Waals surface area contributed by atoms with Gasteiger partial charge in [-0.1, -0.05) is 43.7 Å². The lowest BCUT2D eigenvalue weighted by Gasteiger charge is -2.16. The van der Waals surface area contributed by atoms with Gasteiger partial charge in [-0.25, -0.2) is 9.59 Å². The molecule has 0 saturated carbocycles. The van der Waals surface area contributed by atoms with Crippen molar-refractivity contribution in [3.05, 3.63) is 35.9 Å². The highest BCUT2D eigenvalue weighted by Crippen LogP contribution is 2.13. The second kappa shape index (κ2) is 7.52. The van der Waals surface area contributed by atoms with E-state index in [0.717, 1.165) is 18.4 Å². The van der Waals surface area contributed by atoms with Gasteiger partial charge in [0.2, 0.25) is 0 Å². The molecular weight excluding hydrogens is 272 g/mol. The Bertz CT molecular complexity index is 478. The van der Waals surface area contributed by atoms with Crippen LogP contribution in [0.4, 0.5) is 9.59 Å². The summed E-state index contributed by atoms with van der Waals surface area (Å²) in [6.45, 7) is 2.54. The van der Waals surface area contributed by atoms with E-state index in [9.17, 15) is 9.59 Å². The van der Waals surface area contributed by atoms with Crippen LogP contribution in [0.1, 0.15) is 25.3 Å². The first-order chi connectivity index (χ1) is 10.2. The topological polar surface area (TPSA) is 76.7 Å². The number of rotatable bonds is 6. The first kappa shape index (κ1) is 15.2. The van der Waals surface area contributed by atoms with Gasteiger partial charge in [0.25, 0.3) is 0 Å². The molecule has 21 heavy (non-hydrogen) atoms. The average Bonchev–Trinajstić information content (AvgIpc) is 2.84. The third-order valence-corrected chi connectivity index (χ3v) is 3.26. The molecule has 0 unspecified atom stereocenters. The van der Waals surface area contributed by atoms with Crippen LogP contribution in [-0.2, 0) is 16.1 Å². The number of carbonyl (C=O) groups is 2. The summed E-state index contributed by atoms with van der Waals surface area (Å²) in [7, 11) is 0. The predicted molar refractivity (Wildman–Crippen MR) is 76.7 cm³/mol. The lowest BCUT2D eigenvalue weighted by Crippen LogP contribution is -2.43. The van der Waals surface area contributed by atoms with E-state index in [1.165, 1.54) is 0 Å². The zero-order chi connectivity index (χ0) is 15.1. The summed E-state index contributed by atoms with van der Waals surface area (Å²) in [6, 6.07) is 9.24. The molecule has 1 saturated heterocycles. The van der Waals surface area contributed by atoms with Crippen molar-refractivity contribution in [1.82, 2.24) is 10.6 Å². The maximum absolute atomic E-state index is 11.6. The van der Waals surface area contributed by atoms with Gasteiger partial charge in [0, 0.05) is 6.54 Å². The normalized spacial score (nSPS) is 20.5. The largest absolute Gasteiger partial charge is 0.445 e. The third-order valence-electron chi connectivity index (χ3n) is 3.26. The molecule has 114 valence electrons. The molecule has 0 radical (unpaired) electrons. The average molecular weight is 292 g/mol. The molecule has 2 atom stereocenters. The summed E-state index contributed by atoms with van der Waals surface area (Å²) in [6.07, 6.45) is 0.545. The van der Waals surface area contributed by atoms with Crippen LogP contribution in [0.25, 0.3) is 0 Å². The Hall–Kier alpha value is -2.24. The summed E-state index contributed by atoms with van der Waals surface area (Å²) in [5.74, 6) is 0. The van der Waals surface area contributed by atoms with Crippen LogP contribution < -0.4 is 10.6 Å². The smallest absolute Gasteiger partial charge is 0.407 e. The van der Waals surface area contributed by atoms with Crippen molar-refractivity contribution < 1.29 is 19.1 Å². The Balaban J connectivity index is 1.72. The molecule has 2 amide bonds. The van der Waals surface area contributed by atoms with Crippen molar-refractivity contribution in [2.75, 3.05) is 6.54 Å². The van der Waals surface area contributed by atoms with Crippen molar-refractivity contribution in [2.45, 2.75) is 38.5 Å². The molecule has 1 aliphatic rings. The number of hydrogen-bond donors (Lipinski definition) is 2. The highest BCUT2D eigenvalue weighted by atomic mass is 16.6. The molecule has 1 heterocycles. The number of nitrogens with one attached hydrogen (secondary N) is 2. The van der Waals surface area contributed by atoms with Crippen LogP contribution >= 0.6 is 0 Å². The Kier molecular flexibility index (Phi) is 5.43.